The summed E-state index contributed by atoms with van der Waals surface area (Å²) in [5.41, 5.74) is 1.93. The third-order valence-corrected chi connectivity index (χ3v) is 3.37. The van der Waals surface area contributed by atoms with E-state index in [1.165, 1.54) is 6.92 Å². The van der Waals surface area contributed by atoms with Crippen LogP contribution in [0, 0.1) is 0 Å². The summed E-state index contributed by atoms with van der Waals surface area (Å²) in [6.45, 7) is 4.72. The third-order valence-electron chi connectivity index (χ3n) is 2.97. The lowest BCUT2D eigenvalue weighted by molar-refractivity contribution is -0.114. The van der Waals surface area contributed by atoms with E-state index in [0.29, 0.717) is 0 Å². The summed E-state index contributed by atoms with van der Waals surface area (Å²) < 4.78 is 5.31. The van der Waals surface area contributed by atoms with Gasteiger partial charge in [0.2, 0.25) is 5.91 Å². The van der Waals surface area contributed by atoms with Crippen molar-refractivity contribution in [2.24, 2.45) is 0 Å². The van der Waals surface area contributed by atoms with Gasteiger partial charge in [-0.3, -0.25) is 4.79 Å². The highest BCUT2D eigenvalue weighted by molar-refractivity contribution is 7.80. The van der Waals surface area contributed by atoms with Gasteiger partial charge in [0.05, 0.1) is 18.2 Å². The van der Waals surface area contributed by atoms with Crippen LogP contribution in [-0.2, 0) is 16.0 Å². The van der Waals surface area contributed by atoms with E-state index in [1.807, 2.05) is 24.3 Å². The fourth-order valence-electron chi connectivity index (χ4n) is 2.06. The maximum Gasteiger partial charge on any atom is 0.221 e. The lowest BCUT2D eigenvalue weighted by atomic mass is 10.1. The molecule has 1 aromatic rings. The topological polar surface area (TPSA) is 41.6 Å². The molecule has 0 radical (unpaired) electrons. The zero-order valence-corrected chi connectivity index (χ0v) is 11.8. The van der Waals surface area contributed by atoms with Gasteiger partial charge in [0, 0.05) is 32.1 Å². The molecule has 1 heterocycles. The second-order valence-electron chi connectivity index (χ2n) is 4.55. The molecule has 19 heavy (non-hydrogen) atoms. The van der Waals surface area contributed by atoms with Crippen LogP contribution in [-0.4, -0.2) is 42.1 Å². The zero-order chi connectivity index (χ0) is 13.7. The first-order valence-corrected chi connectivity index (χ1v) is 6.78. The number of carbonyl (C=O) groups is 1. The summed E-state index contributed by atoms with van der Waals surface area (Å²) >= 11 is 5.47. The standard InChI is InChI=1S/C14H18N2O2S/c1-11(17)15-13-4-2-3-12(9-13)10-14(19)16-5-7-18-8-6-16/h2-4,9H,5-8,10H2,1H3,(H,15,17). The van der Waals surface area contributed by atoms with Crippen molar-refractivity contribution >= 4 is 28.8 Å². The molecule has 1 amide bonds. The first kappa shape index (κ1) is 14.0. The average molecular weight is 278 g/mol. The molecule has 2 rings (SSSR count). The van der Waals surface area contributed by atoms with Gasteiger partial charge in [0.1, 0.15) is 0 Å². The number of hydrogen-bond acceptors (Lipinski definition) is 3. The summed E-state index contributed by atoms with van der Waals surface area (Å²) in [6, 6.07) is 7.80. The second kappa shape index (κ2) is 6.63. The molecule has 1 aliphatic heterocycles. The van der Waals surface area contributed by atoms with Gasteiger partial charge in [-0.1, -0.05) is 24.4 Å². The lowest BCUT2D eigenvalue weighted by Gasteiger charge is -2.29. The van der Waals surface area contributed by atoms with Gasteiger partial charge in [-0.25, -0.2) is 0 Å². The molecule has 1 N–H and O–H groups in total. The summed E-state index contributed by atoms with van der Waals surface area (Å²) in [7, 11) is 0. The van der Waals surface area contributed by atoms with E-state index in [4.69, 9.17) is 17.0 Å². The molecular weight excluding hydrogens is 260 g/mol. The molecular formula is C14H18N2O2S. The van der Waals surface area contributed by atoms with Gasteiger partial charge in [-0.05, 0) is 17.7 Å². The van der Waals surface area contributed by atoms with Crippen LogP contribution in [0.4, 0.5) is 5.69 Å². The number of carbonyl (C=O) groups excluding carboxylic acids is 1. The van der Waals surface area contributed by atoms with Crippen LogP contribution in [0.5, 0.6) is 0 Å². The highest BCUT2D eigenvalue weighted by Crippen LogP contribution is 2.13. The van der Waals surface area contributed by atoms with Crippen molar-refractivity contribution in [2.45, 2.75) is 13.3 Å². The molecule has 0 bridgehead atoms. The summed E-state index contributed by atoms with van der Waals surface area (Å²) in [5.74, 6) is -0.0621. The number of amides is 1. The smallest absolute Gasteiger partial charge is 0.221 e. The van der Waals surface area contributed by atoms with Crippen molar-refractivity contribution in [3.8, 4) is 0 Å². The van der Waals surface area contributed by atoms with Crippen molar-refractivity contribution in [3.05, 3.63) is 29.8 Å². The number of nitrogens with one attached hydrogen (secondary N) is 1. The SMILES string of the molecule is CC(=O)Nc1cccc(CC(=S)N2CCOCC2)c1. The minimum Gasteiger partial charge on any atom is -0.378 e. The average Bonchev–Trinajstić information content (AvgIpc) is 2.39. The first-order chi connectivity index (χ1) is 9.15. The molecule has 1 saturated heterocycles. The second-order valence-corrected chi connectivity index (χ2v) is 5.02. The van der Waals surface area contributed by atoms with E-state index < -0.39 is 0 Å². The molecule has 4 nitrogen and oxygen atoms in total. The number of anilines is 1. The van der Waals surface area contributed by atoms with E-state index in [2.05, 4.69) is 10.2 Å². The van der Waals surface area contributed by atoms with Crippen LogP contribution in [0.15, 0.2) is 24.3 Å². The predicted molar refractivity (Wildman–Crippen MR) is 79.4 cm³/mol. The fraction of sp³-hybridized carbons (Fsp3) is 0.429. The molecule has 0 unspecified atom stereocenters. The molecule has 1 aromatic carbocycles. The largest absolute Gasteiger partial charge is 0.378 e. The number of thiocarbonyl (C=S) groups is 1. The monoisotopic (exact) mass is 278 g/mol. The van der Waals surface area contributed by atoms with Crippen molar-refractivity contribution < 1.29 is 9.53 Å². The minimum absolute atomic E-state index is 0.0621. The minimum atomic E-state index is -0.0621. The normalized spacial score (nSPS) is 15.1. The number of hydrogen-bond donors (Lipinski definition) is 1. The van der Waals surface area contributed by atoms with Crippen LogP contribution in [0.3, 0.4) is 0 Å². The van der Waals surface area contributed by atoms with Gasteiger partial charge >= 0.3 is 0 Å². The van der Waals surface area contributed by atoms with Crippen molar-refractivity contribution in [1.82, 2.24) is 4.90 Å². The highest BCUT2D eigenvalue weighted by atomic mass is 32.1. The van der Waals surface area contributed by atoms with Gasteiger partial charge < -0.3 is 15.0 Å². The number of morpholine rings is 1. The maximum atomic E-state index is 11.0. The van der Waals surface area contributed by atoms with E-state index in [-0.39, 0.29) is 5.91 Å². The van der Waals surface area contributed by atoms with Crippen LogP contribution in [0.1, 0.15) is 12.5 Å². The Hall–Kier alpha value is -1.46. The predicted octanol–water partition coefficient (Wildman–Crippen LogP) is 1.85. The molecule has 0 aliphatic carbocycles. The molecule has 0 atom stereocenters. The lowest BCUT2D eigenvalue weighted by Crippen LogP contribution is -2.40. The van der Waals surface area contributed by atoms with Gasteiger partial charge in [0.25, 0.3) is 0 Å². The zero-order valence-electron chi connectivity index (χ0n) is 11.0. The molecule has 0 saturated carbocycles. The third kappa shape index (κ3) is 4.29. The van der Waals surface area contributed by atoms with Crippen molar-refractivity contribution in [1.29, 1.82) is 0 Å². The fourth-order valence-corrected chi connectivity index (χ4v) is 2.41. The Bertz CT molecular complexity index is 470. The van der Waals surface area contributed by atoms with Gasteiger partial charge in [-0.15, -0.1) is 0 Å². The summed E-state index contributed by atoms with van der Waals surface area (Å²) in [5, 5.41) is 2.78. The van der Waals surface area contributed by atoms with Crippen LogP contribution < -0.4 is 5.32 Å². The Morgan fingerprint density at radius 2 is 2.16 bits per heavy atom. The first-order valence-electron chi connectivity index (χ1n) is 6.37. The Morgan fingerprint density at radius 1 is 1.42 bits per heavy atom. The Morgan fingerprint density at radius 3 is 2.84 bits per heavy atom. The number of benzene rings is 1. The molecule has 5 heteroatoms. The van der Waals surface area contributed by atoms with E-state index in [0.717, 1.165) is 49.0 Å². The number of rotatable bonds is 3. The molecule has 1 aliphatic rings. The number of nitrogens with zero attached hydrogens (tertiary/aromatic N) is 1. The summed E-state index contributed by atoms with van der Waals surface area (Å²) in [4.78, 5) is 14.2. The van der Waals surface area contributed by atoms with E-state index >= 15 is 0 Å². The van der Waals surface area contributed by atoms with Crippen molar-refractivity contribution in [3.63, 3.8) is 0 Å². The Labute approximate surface area is 118 Å². The van der Waals surface area contributed by atoms with Crippen LogP contribution >= 0.6 is 12.2 Å². The summed E-state index contributed by atoms with van der Waals surface area (Å²) in [6.07, 6.45) is 0.725. The molecule has 1 fully saturated rings. The Balaban J connectivity index is 1.97. The van der Waals surface area contributed by atoms with Gasteiger partial charge in [0.15, 0.2) is 0 Å². The molecule has 0 spiro atoms. The quantitative estimate of drug-likeness (QED) is 0.857. The number of ether oxygens (including phenoxy) is 1. The van der Waals surface area contributed by atoms with Gasteiger partial charge in [-0.2, -0.15) is 0 Å². The highest BCUT2D eigenvalue weighted by Gasteiger charge is 2.13. The molecule has 0 aromatic heterocycles. The Kier molecular flexibility index (Phi) is 4.87. The van der Waals surface area contributed by atoms with E-state index in [9.17, 15) is 4.79 Å². The van der Waals surface area contributed by atoms with Crippen LogP contribution in [0.25, 0.3) is 0 Å². The molecule has 102 valence electrons. The maximum absolute atomic E-state index is 11.0. The van der Waals surface area contributed by atoms with Crippen molar-refractivity contribution in [2.75, 3.05) is 31.6 Å². The van der Waals surface area contributed by atoms with Crippen LogP contribution in [0.2, 0.25) is 0 Å². The van der Waals surface area contributed by atoms with E-state index in [1.54, 1.807) is 0 Å².